The van der Waals surface area contributed by atoms with Crippen LogP contribution in [0.25, 0.3) is 0 Å². The first-order chi connectivity index (χ1) is 25.4. The lowest BCUT2D eigenvalue weighted by atomic mass is 9.64. The number of piperazine rings is 1. The van der Waals surface area contributed by atoms with Crippen molar-refractivity contribution in [3.05, 3.63) is 70.3 Å². The minimum atomic E-state index is -1.41. The van der Waals surface area contributed by atoms with Crippen molar-refractivity contribution in [2.45, 2.75) is 76.9 Å². The highest BCUT2D eigenvalue weighted by Crippen LogP contribution is 2.48. The summed E-state index contributed by atoms with van der Waals surface area (Å²) in [5.74, 6) is 2.09. The van der Waals surface area contributed by atoms with Gasteiger partial charge < -0.3 is 24.0 Å². The Morgan fingerprint density at radius 1 is 1.19 bits per heavy atom. The summed E-state index contributed by atoms with van der Waals surface area (Å²) in [5.41, 5.74) is 3.51. The summed E-state index contributed by atoms with van der Waals surface area (Å²) in [6.07, 6.45) is 9.86. The number of benzene rings is 2. The summed E-state index contributed by atoms with van der Waals surface area (Å²) in [5, 5.41) is 0.770. The third-order valence-corrected chi connectivity index (χ3v) is 13.4. The highest BCUT2D eigenvalue weighted by molar-refractivity contribution is 7.83. The van der Waals surface area contributed by atoms with E-state index < -0.39 is 11.0 Å². The third-order valence-electron chi connectivity index (χ3n) is 12.3. The van der Waals surface area contributed by atoms with Crippen LogP contribution >= 0.6 is 11.6 Å². The molecule has 0 radical (unpaired) electrons. The van der Waals surface area contributed by atoms with Gasteiger partial charge in [-0.15, -0.1) is 0 Å². The molecule has 11 heteroatoms. The fourth-order valence-electron chi connectivity index (χ4n) is 8.94. The van der Waals surface area contributed by atoms with E-state index in [-0.39, 0.29) is 16.9 Å². The molecule has 1 saturated carbocycles. The normalized spacial score (nSPS) is 27.6. The zero-order valence-electron chi connectivity index (χ0n) is 32.7. The van der Waals surface area contributed by atoms with Crippen LogP contribution in [0.4, 0.5) is 5.69 Å². The van der Waals surface area contributed by atoms with Crippen LogP contribution in [0, 0.1) is 17.8 Å². The molecule has 9 nitrogen and oxygen atoms in total. The Labute approximate surface area is 325 Å². The van der Waals surface area contributed by atoms with Crippen LogP contribution in [0.3, 0.4) is 0 Å². The summed E-state index contributed by atoms with van der Waals surface area (Å²) < 4.78 is 32.9. The molecule has 5 aliphatic rings. The Hall–Kier alpha value is -2.47. The van der Waals surface area contributed by atoms with Gasteiger partial charge in [0.25, 0.3) is 5.91 Å². The van der Waals surface area contributed by atoms with Gasteiger partial charge in [0.15, 0.2) is 0 Å². The number of morpholine rings is 1. The fraction of sp³-hybridized carbons (Fsp3) is 0.643. The predicted molar refractivity (Wildman–Crippen MR) is 216 cm³/mol. The van der Waals surface area contributed by atoms with Crippen LogP contribution in [-0.2, 0) is 32.3 Å². The zero-order chi connectivity index (χ0) is 37.8. The number of ether oxygens (including phenoxy) is 3. The summed E-state index contributed by atoms with van der Waals surface area (Å²) in [6.45, 7) is 17.2. The number of hydrogen-bond acceptors (Lipinski definition) is 8. The van der Waals surface area contributed by atoms with E-state index in [0.29, 0.717) is 41.7 Å². The third kappa shape index (κ3) is 9.33. The quantitative estimate of drug-likeness (QED) is 0.290. The number of methoxy groups -OCH3 is 1. The summed E-state index contributed by atoms with van der Waals surface area (Å²) in [6, 6.07) is 12.6. The molecule has 6 atom stereocenters. The van der Waals surface area contributed by atoms with Crippen molar-refractivity contribution in [1.82, 2.24) is 14.5 Å². The van der Waals surface area contributed by atoms with Gasteiger partial charge in [0.2, 0.25) is 0 Å². The first kappa shape index (κ1) is 40.2. The molecular weight excluding hydrogens is 708 g/mol. The molecule has 1 amide bonds. The Morgan fingerprint density at radius 3 is 2.75 bits per heavy atom. The molecule has 1 N–H and O–H groups in total. The lowest BCUT2D eigenvalue weighted by Gasteiger charge is -2.49. The number of amides is 1. The van der Waals surface area contributed by atoms with Crippen molar-refractivity contribution in [3.8, 4) is 5.75 Å². The number of carbonyl (C=O) groups excluding carboxylic acids is 1. The molecule has 53 heavy (non-hydrogen) atoms. The van der Waals surface area contributed by atoms with Crippen LogP contribution in [0.5, 0.6) is 5.75 Å². The second kappa shape index (κ2) is 17.5. The van der Waals surface area contributed by atoms with Gasteiger partial charge >= 0.3 is 0 Å². The van der Waals surface area contributed by atoms with E-state index in [1.807, 2.05) is 25.3 Å². The molecule has 3 fully saturated rings. The number of halogens is 1. The number of allylic oxidation sites excluding steroid dienone is 1. The van der Waals surface area contributed by atoms with Crippen LogP contribution in [0.1, 0.15) is 74.9 Å². The number of aryl methyl sites for hydroxylation is 1. The number of fused-ring (bicyclic) bond motifs is 4. The van der Waals surface area contributed by atoms with E-state index in [4.69, 9.17) is 25.8 Å². The van der Waals surface area contributed by atoms with Gasteiger partial charge in [-0.1, -0.05) is 50.6 Å². The Kier molecular flexibility index (Phi) is 13.3. The van der Waals surface area contributed by atoms with Crippen molar-refractivity contribution in [1.29, 1.82) is 0 Å². The largest absolute Gasteiger partial charge is 0.490 e. The van der Waals surface area contributed by atoms with Gasteiger partial charge in [0, 0.05) is 74.2 Å². The number of anilines is 1. The average molecular weight is 769 g/mol. The Bertz CT molecular complexity index is 1640. The molecule has 2 aromatic carbocycles. The molecule has 292 valence electrons. The Balaban J connectivity index is 0.000000370. The predicted octanol–water partition coefficient (Wildman–Crippen LogP) is 6.50. The summed E-state index contributed by atoms with van der Waals surface area (Å²) >= 11 is 6.43. The van der Waals surface area contributed by atoms with Gasteiger partial charge in [0.05, 0.1) is 31.1 Å². The van der Waals surface area contributed by atoms with Crippen LogP contribution in [0.2, 0.25) is 5.02 Å². The van der Waals surface area contributed by atoms with Gasteiger partial charge in [-0.25, -0.2) is 4.21 Å². The van der Waals surface area contributed by atoms with Crippen LogP contribution in [0.15, 0.2) is 48.6 Å². The minimum absolute atomic E-state index is 0.190. The molecular formula is C42H61ClN4O5S. The Morgan fingerprint density at radius 2 is 2.02 bits per heavy atom. The van der Waals surface area contributed by atoms with Crippen molar-refractivity contribution < 1.29 is 23.2 Å². The maximum atomic E-state index is 13.0. The highest BCUT2D eigenvalue weighted by atomic mass is 35.5. The molecule has 3 heterocycles. The smallest absolute Gasteiger partial charge is 0.263 e. The monoisotopic (exact) mass is 768 g/mol. The van der Waals surface area contributed by atoms with E-state index in [1.54, 1.807) is 13.0 Å². The number of nitrogens with one attached hydrogen (secondary N) is 1. The fourth-order valence-corrected chi connectivity index (χ4v) is 9.61. The zero-order valence-corrected chi connectivity index (χ0v) is 34.3. The lowest BCUT2D eigenvalue weighted by Crippen LogP contribution is -2.56. The first-order valence-corrected chi connectivity index (χ1v) is 21.4. The molecule has 3 aliphatic heterocycles. The van der Waals surface area contributed by atoms with Crippen molar-refractivity contribution in [3.63, 3.8) is 0 Å². The first-order valence-electron chi connectivity index (χ1n) is 19.7. The summed E-state index contributed by atoms with van der Waals surface area (Å²) in [4.78, 5) is 20.4. The van der Waals surface area contributed by atoms with Crippen LogP contribution < -0.4 is 14.4 Å². The summed E-state index contributed by atoms with van der Waals surface area (Å²) in [7, 11) is 2.60. The molecule has 0 aromatic heterocycles. The number of carbonyl (C=O) groups is 1. The number of hydrogen-bond donors (Lipinski definition) is 1. The number of likely N-dealkylation sites (N-methyl/N-ethyl adjacent to an activating group) is 1. The molecule has 7 rings (SSSR count). The maximum Gasteiger partial charge on any atom is 0.263 e. The lowest BCUT2D eigenvalue weighted by molar-refractivity contribution is -0.0622. The van der Waals surface area contributed by atoms with E-state index in [9.17, 15) is 9.00 Å². The maximum absolute atomic E-state index is 13.0. The standard InChI is InChI=1S/C34H45ClN2O4S.C8H16N2O/c1-6-42(39)36-32(38)25-10-14-31-30(19-25)37(20-26-9-12-28(26)33(4,40-5)17-15-23(2)3)21-34(22-41-31)16-7-8-24-18-27(35)11-13-29(24)34;1-9-2-3-10-4-5-11-7-8(10)6-9/h10-11,13-15,17-19,23,26,28H,6-9,12,16,20-22H2,1-5H3,(H,36,38);8H,2-7H2,1H3/b17-15+;/t26?,28?,33-,34-,42?;/m0./s1. The van der Waals surface area contributed by atoms with E-state index in [2.05, 4.69) is 71.5 Å². The molecule has 1 spiro atoms. The minimum Gasteiger partial charge on any atom is -0.490 e. The highest BCUT2D eigenvalue weighted by Gasteiger charge is 2.47. The molecule has 2 aliphatic carbocycles. The van der Waals surface area contributed by atoms with E-state index in [0.717, 1.165) is 81.4 Å². The van der Waals surface area contributed by atoms with Gasteiger partial charge in [-0.2, -0.15) is 0 Å². The number of nitrogens with zero attached hydrogens (tertiary/aromatic N) is 3. The molecule has 0 bridgehead atoms. The molecule has 4 unspecified atom stereocenters. The van der Waals surface area contributed by atoms with Gasteiger partial charge in [-0.05, 0) is 105 Å². The van der Waals surface area contributed by atoms with Crippen molar-refractivity contribution >= 4 is 34.2 Å². The SMILES string of the molecule is CCS(=O)NC(=O)c1ccc2c(c1)N(CC1CCC1[C@](C)(/C=C/C(C)C)OC)C[C@@]1(CCCc3cc(Cl)ccc31)CO2.CN1CCN2CCOCC2C1. The molecule has 2 aromatic rings. The number of rotatable bonds is 9. The van der Waals surface area contributed by atoms with E-state index >= 15 is 0 Å². The van der Waals surface area contributed by atoms with Gasteiger partial charge in [0.1, 0.15) is 16.7 Å². The second-order valence-electron chi connectivity index (χ2n) is 16.3. The second-order valence-corrected chi connectivity index (χ2v) is 18.2. The van der Waals surface area contributed by atoms with Crippen molar-refractivity contribution in [2.24, 2.45) is 17.8 Å². The van der Waals surface area contributed by atoms with E-state index in [1.165, 1.54) is 30.8 Å². The topological polar surface area (TPSA) is 83.6 Å². The average Bonchev–Trinajstić information content (AvgIpc) is 3.29. The van der Waals surface area contributed by atoms with Gasteiger partial charge in [-0.3, -0.25) is 14.4 Å². The van der Waals surface area contributed by atoms with Crippen LogP contribution in [-0.4, -0.2) is 111 Å². The molecule has 2 saturated heterocycles. The van der Waals surface area contributed by atoms with Crippen molar-refractivity contribution in [2.75, 3.05) is 83.9 Å².